The quantitative estimate of drug-likeness (QED) is 0.877. The van der Waals surface area contributed by atoms with Gasteiger partial charge in [-0.05, 0) is 30.9 Å². The van der Waals surface area contributed by atoms with Crippen molar-refractivity contribution in [1.82, 2.24) is 10.1 Å². The fourth-order valence-corrected chi connectivity index (χ4v) is 2.22. The first-order valence-corrected chi connectivity index (χ1v) is 6.93. The number of methoxy groups -OCH3 is 2. The Kier molecular flexibility index (Phi) is 3.79. The average Bonchev–Trinajstić information content (AvgIpc) is 3.27. The number of hydrogen-bond donors (Lipinski definition) is 1. The van der Waals surface area contributed by atoms with E-state index in [1.165, 1.54) is 0 Å². The molecule has 21 heavy (non-hydrogen) atoms. The molecule has 1 aromatic carbocycles. The first-order chi connectivity index (χ1) is 10.2. The fraction of sp³-hybridized carbons (Fsp3) is 0.467. The van der Waals surface area contributed by atoms with Crippen molar-refractivity contribution >= 4 is 0 Å². The fourth-order valence-electron chi connectivity index (χ4n) is 2.22. The molecule has 2 aromatic rings. The number of hydrogen-bond acceptors (Lipinski definition) is 6. The lowest BCUT2D eigenvalue weighted by Crippen LogP contribution is -2.12. The summed E-state index contributed by atoms with van der Waals surface area (Å²) in [5.74, 6) is 2.62. The second-order valence-electron chi connectivity index (χ2n) is 5.22. The van der Waals surface area contributed by atoms with Crippen molar-refractivity contribution in [2.75, 3.05) is 14.2 Å². The Hall–Kier alpha value is -2.08. The van der Waals surface area contributed by atoms with Crippen LogP contribution in [0.25, 0.3) is 11.4 Å². The number of ether oxygens (including phenoxy) is 2. The second kappa shape index (κ2) is 5.73. The minimum atomic E-state index is -0.391. The Morgan fingerprint density at radius 3 is 2.48 bits per heavy atom. The number of benzene rings is 1. The third-order valence-corrected chi connectivity index (χ3v) is 3.63. The van der Waals surface area contributed by atoms with E-state index in [0.29, 0.717) is 35.6 Å². The number of nitrogens with zero attached hydrogens (tertiary/aromatic N) is 2. The van der Waals surface area contributed by atoms with Crippen LogP contribution < -0.4 is 9.47 Å². The monoisotopic (exact) mass is 290 g/mol. The van der Waals surface area contributed by atoms with Crippen LogP contribution in [-0.4, -0.2) is 35.6 Å². The lowest BCUT2D eigenvalue weighted by molar-refractivity contribution is 0.140. The predicted octanol–water partition coefficient (Wildman–Crippen LogP) is 2.07. The normalized spacial score (nSPS) is 15.8. The lowest BCUT2D eigenvalue weighted by Gasteiger charge is -2.06. The molecule has 0 saturated heterocycles. The van der Waals surface area contributed by atoms with Crippen molar-refractivity contribution in [3.8, 4) is 22.9 Å². The van der Waals surface area contributed by atoms with E-state index in [9.17, 15) is 5.11 Å². The molecule has 6 nitrogen and oxygen atoms in total. The molecule has 1 fully saturated rings. The molecule has 1 aliphatic carbocycles. The summed E-state index contributed by atoms with van der Waals surface area (Å²) in [7, 11) is 3.18. The lowest BCUT2D eigenvalue weighted by atomic mass is 10.1. The zero-order chi connectivity index (χ0) is 14.8. The van der Waals surface area contributed by atoms with E-state index in [1.54, 1.807) is 20.3 Å². The average molecular weight is 290 g/mol. The minimum absolute atomic E-state index is 0.386. The molecule has 1 aliphatic rings. The Balaban J connectivity index is 1.81. The van der Waals surface area contributed by atoms with Gasteiger partial charge in [-0.25, -0.2) is 0 Å². The SMILES string of the molecule is COc1cc(OC)cc(-c2noc(CC(O)C3CC3)n2)c1. The molecule has 6 heteroatoms. The van der Waals surface area contributed by atoms with Crippen LogP contribution in [0.5, 0.6) is 11.5 Å². The molecule has 1 aromatic heterocycles. The van der Waals surface area contributed by atoms with Crippen LogP contribution in [0.1, 0.15) is 18.7 Å². The molecule has 0 amide bonds. The molecule has 0 aliphatic heterocycles. The summed E-state index contributed by atoms with van der Waals surface area (Å²) in [6.07, 6.45) is 2.17. The molecular weight excluding hydrogens is 272 g/mol. The van der Waals surface area contributed by atoms with Gasteiger partial charge in [0.15, 0.2) is 0 Å². The van der Waals surface area contributed by atoms with Gasteiger partial charge in [-0.3, -0.25) is 0 Å². The zero-order valence-electron chi connectivity index (χ0n) is 12.1. The van der Waals surface area contributed by atoms with E-state index in [2.05, 4.69) is 10.1 Å². The molecule has 112 valence electrons. The molecule has 3 rings (SSSR count). The summed E-state index contributed by atoms with van der Waals surface area (Å²) in [4.78, 5) is 4.33. The highest BCUT2D eigenvalue weighted by Crippen LogP contribution is 2.34. The predicted molar refractivity (Wildman–Crippen MR) is 75.3 cm³/mol. The largest absolute Gasteiger partial charge is 0.497 e. The second-order valence-corrected chi connectivity index (χ2v) is 5.22. The molecule has 0 bridgehead atoms. The van der Waals surface area contributed by atoms with Crippen LogP contribution >= 0.6 is 0 Å². The number of aromatic nitrogens is 2. The molecule has 1 unspecified atom stereocenters. The van der Waals surface area contributed by atoms with Crippen molar-refractivity contribution in [3.63, 3.8) is 0 Å². The van der Waals surface area contributed by atoms with Gasteiger partial charge < -0.3 is 19.1 Å². The van der Waals surface area contributed by atoms with Gasteiger partial charge in [-0.1, -0.05) is 5.16 Å². The molecule has 1 N–H and O–H groups in total. The standard InChI is InChI=1S/C15H18N2O4/c1-19-11-5-10(6-12(7-11)20-2)15-16-14(21-17-15)8-13(18)9-3-4-9/h5-7,9,13,18H,3-4,8H2,1-2H3. The van der Waals surface area contributed by atoms with Crippen LogP contribution in [0.3, 0.4) is 0 Å². The summed E-state index contributed by atoms with van der Waals surface area (Å²) in [5, 5.41) is 13.9. The molecule has 0 radical (unpaired) electrons. The highest BCUT2D eigenvalue weighted by atomic mass is 16.5. The van der Waals surface area contributed by atoms with Gasteiger partial charge in [0, 0.05) is 11.6 Å². The third-order valence-electron chi connectivity index (χ3n) is 3.63. The van der Waals surface area contributed by atoms with Gasteiger partial charge in [0.2, 0.25) is 11.7 Å². The highest BCUT2D eigenvalue weighted by molar-refractivity contribution is 5.60. The topological polar surface area (TPSA) is 77.6 Å². The van der Waals surface area contributed by atoms with Gasteiger partial charge in [0.1, 0.15) is 11.5 Å². The molecule has 0 spiro atoms. The molecule has 1 saturated carbocycles. The molecule has 1 atom stereocenters. The third kappa shape index (κ3) is 3.16. The minimum Gasteiger partial charge on any atom is -0.497 e. The van der Waals surface area contributed by atoms with E-state index in [4.69, 9.17) is 14.0 Å². The number of aliphatic hydroxyl groups is 1. The van der Waals surface area contributed by atoms with Crippen LogP contribution in [0, 0.1) is 5.92 Å². The number of aliphatic hydroxyl groups excluding tert-OH is 1. The van der Waals surface area contributed by atoms with E-state index >= 15 is 0 Å². The Morgan fingerprint density at radius 1 is 1.24 bits per heavy atom. The van der Waals surface area contributed by atoms with Crippen molar-refractivity contribution in [2.45, 2.75) is 25.4 Å². The number of rotatable bonds is 6. The maximum absolute atomic E-state index is 9.92. The first kappa shape index (κ1) is 13.9. The van der Waals surface area contributed by atoms with Gasteiger partial charge in [0.25, 0.3) is 0 Å². The van der Waals surface area contributed by atoms with Gasteiger partial charge in [-0.2, -0.15) is 4.98 Å². The van der Waals surface area contributed by atoms with Crippen LogP contribution in [0.4, 0.5) is 0 Å². The molecular formula is C15H18N2O4. The van der Waals surface area contributed by atoms with Crippen LogP contribution in [-0.2, 0) is 6.42 Å². The summed E-state index contributed by atoms with van der Waals surface area (Å²) < 4.78 is 15.7. The highest BCUT2D eigenvalue weighted by Gasteiger charge is 2.31. The summed E-state index contributed by atoms with van der Waals surface area (Å²) in [6.45, 7) is 0. The van der Waals surface area contributed by atoms with E-state index in [-0.39, 0.29) is 0 Å². The Bertz CT molecular complexity index is 600. The Labute approximate surface area is 122 Å². The summed E-state index contributed by atoms with van der Waals surface area (Å²) in [5.41, 5.74) is 0.752. The van der Waals surface area contributed by atoms with Crippen LogP contribution in [0.2, 0.25) is 0 Å². The summed E-state index contributed by atoms with van der Waals surface area (Å²) in [6, 6.07) is 5.41. The zero-order valence-corrected chi connectivity index (χ0v) is 12.1. The Morgan fingerprint density at radius 2 is 1.90 bits per heavy atom. The summed E-state index contributed by atoms with van der Waals surface area (Å²) >= 11 is 0. The maximum Gasteiger partial charge on any atom is 0.229 e. The van der Waals surface area contributed by atoms with Gasteiger partial charge in [-0.15, -0.1) is 0 Å². The van der Waals surface area contributed by atoms with E-state index in [1.807, 2.05) is 12.1 Å². The first-order valence-electron chi connectivity index (χ1n) is 6.93. The van der Waals surface area contributed by atoms with Crippen molar-refractivity contribution in [1.29, 1.82) is 0 Å². The van der Waals surface area contributed by atoms with E-state index < -0.39 is 6.10 Å². The smallest absolute Gasteiger partial charge is 0.229 e. The van der Waals surface area contributed by atoms with Crippen molar-refractivity contribution in [2.24, 2.45) is 5.92 Å². The molecule has 1 heterocycles. The van der Waals surface area contributed by atoms with Gasteiger partial charge in [0.05, 0.1) is 26.7 Å². The van der Waals surface area contributed by atoms with Gasteiger partial charge >= 0.3 is 0 Å². The van der Waals surface area contributed by atoms with Crippen molar-refractivity contribution in [3.05, 3.63) is 24.1 Å². The van der Waals surface area contributed by atoms with Crippen molar-refractivity contribution < 1.29 is 19.1 Å². The van der Waals surface area contributed by atoms with Crippen LogP contribution in [0.15, 0.2) is 22.7 Å². The maximum atomic E-state index is 9.92. The van der Waals surface area contributed by atoms with E-state index in [0.717, 1.165) is 18.4 Å².